The van der Waals surface area contributed by atoms with Gasteiger partial charge in [-0.05, 0) is 46.6 Å². The normalized spacial score (nSPS) is 34.9. The second kappa shape index (κ2) is 6.57. The van der Waals surface area contributed by atoms with E-state index in [9.17, 15) is 4.79 Å². The maximum Gasteiger partial charge on any atom is 0.410 e. The molecular formula is C17H31N3O3. The molecule has 3 unspecified atom stereocenters. The number of hydrogen-bond acceptors (Lipinski definition) is 5. The lowest BCUT2D eigenvalue weighted by atomic mass is 10.0. The molecule has 0 aromatic heterocycles. The van der Waals surface area contributed by atoms with Gasteiger partial charge in [-0.3, -0.25) is 4.90 Å². The van der Waals surface area contributed by atoms with Gasteiger partial charge >= 0.3 is 6.09 Å². The van der Waals surface area contributed by atoms with Crippen LogP contribution in [0.1, 0.15) is 40.0 Å². The topological polar surface area (TPSA) is 54.0 Å². The van der Waals surface area contributed by atoms with Gasteiger partial charge in [0.05, 0.1) is 18.7 Å². The predicted molar refractivity (Wildman–Crippen MR) is 88.5 cm³/mol. The predicted octanol–water partition coefficient (Wildman–Crippen LogP) is 1.45. The van der Waals surface area contributed by atoms with Crippen LogP contribution >= 0.6 is 0 Å². The molecule has 0 aromatic carbocycles. The molecule has 3 heterocycles. The van der Waals surface area contributed by atoms with Gasteiger partial charge < -0.3 is 19.7 Å². The summed E-state index contributed by atoms with van der Waals surface area (Å²) in [4.78, 5) is 16.7. The highest BCUT2D eigenvalue weighted by molar-refractivity contribution is 5.68. The summed E-state index contributed by atoms with van der Waals surface area (Å²) in [5.41, 5.74) is -0.457. The van der Waals surface area contributed by atoms with E-state index in [0.29, 0.717) is 25.2 Å². The van der Waals surface area contributed by atoms with Gasteiger partial charge in [0.25, 0.3) is 0 Å². The summed E-state index contributed by atoms with van der Waals surface area (Å²) in [5.74, 6) is 0. The first-order valence-corrected chi connectivity index (χ1v) is 8.88. The maximum atomic E-state index is 12.3. The van der Waals surface area contributed by atoms with E-state index in [2.05, 4.69) is 10.2 Å². The molecule has 3 aliphatic heterocycles. The van der Waals surface area contributed by atoms with E-state index in [1.807, 2.05) is 20.8 Å². The lowest BCUT2D eigenvalue weighted by molar-refractivity contribution is 0.0252. The van der Waals surface area contributed by atoms with Crippen LogP contribution in [0.3, 0.4) is 0 Å². The van der Waals surface area contributed by atoms with Crippen LogP contribution < -0.4 is 5.32 Å². The SMILES string of the molecule is CO[C@H]1CN(C(=O)OC(C)(C)C)CC1NC1CCN2CCCC12. The zero-order valence-electron chi connectivity index (χ0n) is 14.9. The minimum Gasteiger partial charge on any atom is -0.444 e. The Labute approximate surface area is 139 Å². The average Bonchev–Trinajstić information content (AvgIpc) is 3.14. The van der Waals surface area contributed by atoms with Gasteiger partial charge in [-0.25, -0.2) is 4.79 Å². The lowest BCUT2D eigenvalue weighted by Gasteiger charge is -2.27. The molecule has 3 rings (SSSR count). The Morgan fingerprint density at radius 2 is 1.91 bits per heavy atom. The van der Waals surface area contributed by atoms with Crippen molar-refractivity contribution >= 4 is 6.09 Å². The summed E-state index contributed by atoms with van der Waals surface area (Å²) in [6.45, 7) is 9.40. The molecule has 6 nitrogen and oxygen atoms in total. The van der Waals surface area contributed by atoms with Crippen LogP contribution in [-0.4, -0.2) is 79.0 Å². The fourth-order valence-corrected chi connectivity index (χ4v) is 4.20. The highest BCUT2D eigenvalue weighted by Crippen LogP contribution is 2.29. The quantitative estimate of drug-likeness (QED) is 0.851. The molecule has 4 atom stereocenters. The van der Waals surface area contributed by atoms with E-state index >= 15 is 0 Å². The zero-order valence-corrected chi connectivity index (χ0v) is 14.9. The first-order valence-electron chi connectivity index (χ1n) is 8.88. The van der Waals surface area contributed by atoms with Crippen LogP contribution in [-0.2, 0) is 9.47 Å². The summed E-state index contributed by atoms with van der Waals surface area (Å²) < 4.78 is 11.1. The summed E-state index contributed by atoms with van der Waals surface area (Å²) in [7, 11) is 1.73. The number of nitrogens with one attached hydrogen (secondary N) is 1. The highest BCUT2D eigenvalue weighted by Gasteiger charge is 2.42. The minimum atomic E-state index is -0.457. The van der Waals surface area contributed by atoms with Gasteiger partial charge in [0.15, 0.2) is 0 Å². The molecule has 6 heteroatoms. The third-order valence-corrected chi connectivity index (χ3v) is 5.25. The second-order valence-corrected chi connectivity index (χ2v) is 8.07. The van der Waals surface area contributed by atoms with Crippen LogP contribution in [0.5, 0.6) is 0 Å². The molecular weight excluding hydrogens is 294 g/mol. The third kappa shape index (κ3) is 3.80. The number of nitrogens with zero attached hydrogens (tertiary/aromatic N) is 2. The Bertz CT molecular complexity index is 437. The van der Waals surface area contributed by atoms with Crippen molar-refractivity contribution in [2.24, 2.45) is 0 Å². The number of carbonyl (C=O) groups is 1. The number of methoxy groups -OCH3 is 1. The molecule has 1 amide bonds. The minimum absolute atomic E-state index is 0.0398. The Morgan fingerprint density at radius 3 is 2.61 bits per heavy atom. The molecule has 0 bridgehead atoms. The van der Waals surface area contributed by atoms with E-state index < -0.39 is 5.60 Å². The van der Waals surface area contributed by atoms with Crippen molar-refractivity contribution in [2.45, 2.75) is 69.9 Å². The second-order valence-electron chi connectivity index (χ2n) is 8.07. The number of ether oxygens (including phenoxy) is 2. The van der Waals surface area contributed by atoms with Crippen LogP contribution in [0, 0.1) is 0 Å². The third-order valence-electron chi connectivity index (χ3n) is 5.25. The van der Waals surface area contributed by atoms with Crippen LogP contribution in [0.25, 0.3) is 0 Å². The molecule has 23 heavy (non-hydrogen) atoms. The van der Waals surface area contributed by atoms with E-state index in [-0.39, 0.29) is 18.2 Å². The number of likely N-dealkylation sites (tertiary alicyclic amines) is 1. The monoisotopic (exact) mass is 325 g/mol. The molecule has 0 saturated carbocycles. The molecule has 0 aromatic rings. The van der Waals surface area contributed by atoms with Gasteiger partial charge in [0.2, 0.25) is 0 Å². The van der Waals surface area contributed by atoms with Gasteiger partial charge in [0, 0.05) is 32.3 Å². The van der Waals surface area contributed by atoms with Crippen LogP contribution in [0.4, 0.5) is 4.79 Å². The Hall–Kier alpha value is -0.850. The molecule has 1 N–H and O–H groups in total. The van der Waals surface area contributed by atoms with Crippen molar-refractivity contribution in [3.05, 3.63) is 0 Å². The summed E-state index contributed by atoms with van der Waals surface area (Å²) in [6, 6.07) is 1.39. The van der Waals surface area contributed by atoms with Gasteiger partial charge in [0.1, 0.15) is 5.60 Å². The summed E-state index contributed by atoms with van der Waals surface area (Å²) in [6.07, 6.45) is 3.60. The van der Waals surface area contributed by atoms with Crippen molar-refractivity contribution < 1.29 is 14.3 Å². The molecule has 0 aliphatic carbocycles. The maximum absolute atomic E-state index is 12.3. The molecule has 132 valence electrons. The number of carbonyl (C=O) groups excluding carboxylic acids is 1. The molecule has 3 saturated heterocycles. The van der Waals surface area contributed by atoms with Gasteiger partial charge in [-0.1, -0.05) is 0 Å². The highest BCUT2D eigenvalue weighted by atomic mass is 16.6. The zero-order chi connectivity index (χ0) is 16.6. The Kier molecular flexibility index (Phi) is 4.85. The van der Waals surface area contributed by atoms with Gasteiger partial charge in [-0.15, -0.1) is 0 Å². The number of fused-ring (bicyclic) bond motifs is 1. The number of rotatable bonds is 3. The Morgan fingerprint density at radius 1 is 1.13 bits per heavy atom. The lowest BCUT2D eigenvalue weighted by Crippen LogP contribution is -2.49. The average molecular weight is 325 g/mol. The van der Waals surface area contributed by atoms with E-state index in [4.69, 9.17) is 9.47 Å². The van der Waals surface area contributed by atoms with E-state index in [0.717, 1.165) is 0 Å². The van der Waals surface area contributed by atoms with Crippen LogP contribution in [0.2, 0.25) is 0 Å². The van der Waals surface area contributed by atoms with E-state index in [1.54, 1.807) is 12.0 Å². The molecule has 3 fully saturated rings. The van der Waals surface area contributed by atoms with E-state index in [1.165, 1.54) is 32.4 Å². The number of amides is 1. The molecule has 0 radical (unpaired) electrons. The van der Waals surface area contributed by atoms with Crippen molar-refractivity contribution in [1.82, 2.24) is 15.1 Å². The summed E-state index contributed by atoms with van der Waals surface area (Å²) >= 11 is 0. The smallest absolute Gasteiger partial charge is 0.410 e. The number of hydrogen-bond donors (Lipinski definition) is 1. The fraction of sp³-hybridized carbons (Fsp3) is 0.941. The first kappa shape index (κ1) is 17.0. The summed E-state index contributed by atoms with van der Waals surface area (Å²) in [5, 5.41) is 3.78. The molecule has 3 aliphatic rings. The van der Waals surface area contributed by atoms with Crippen molar-refractivity contribution in [3.8, 4) is 0 Å². The molecule has 0 spiro atoms. The Balaban J connectivity index is 1.58. The van der Waals surface area contributed by atoms with Gasteiger partial charge in [-0.2, -0.15) is 0 Å². The van der Waals surface area contributed by atoms with Crippen molar-refractivity contribution in [2.75, 3.05) is 33.3 Å². The van der Waals surface area contributed by atoms with Crippen molar-refractivity contribution in [3.63, 3.8) is 0 Å². The largest absolute Gasteiger partial charge is 0.444 e. The van der Waals surface area contributed by atoms with Crippen molar-refractivity contribution in [1.29, 1.82) is 0 Å². The fourth-order valence-electron chi connectivity index (χ4n) is 4.20. The van der Waals surface area contributed by atoms with Crippen LogP contribution in [0.15, 0.2) is 0 Å². The first-order chi connectivity index (χ1) is 10.9. The standard InChI is InChI=1S/C17H31N3O3/c1-17(2,3)23-16(21)20-10-13(15(11-20)22-4)18-12-7-9-19-8-5-6-14(12)19/h12-15,18H,5-11H2,1-4H3/t12?,13?,14?,15-/m0/s1.